The van der Waals surface area contributed by atoms with E-state index in [1.165, 1.54) is 0 Å². The van der Waals surface area contributed by atoms with E-state index in [4.69, 9.17) is 0 Å². The van der Waals surface area contributed by atoms with E-state index >= 15 is 0 Å². The van der Waals surface area contributed by atoms with Gasteiger partial charge in [0.1, 0.15) is 0 Å². The predicted molar refractivity (Wildman–Crippen MR) is 95.6 cm³/mol. The molecule has 2 aromatic rings. The van der Waals surface area contributed by atoms with Gasteiger partial charge in [-0.15, -0.1) is 0 Å². The van der Waals surface area contributed by atoms with Gasteiger partial charge in [0, 0.05) is 43.0 Å². The van der Waals surface area contributed by atoms with Gasteiger partial charge < -0.3 is 5.32 Å². The Bertz CT molecular complexity index is 785. The van der Waals surface area contributed by atoms with Crippen LogP contribution in [0, 0.1) is 0 Å². The molecule has 0 fully saturated rings. The fraction of sp³-hybridized carbons (Fsp3) is 0.300. The maximum atomic E-state index is 12.4. The second-order valence-electron chi connectivity index (χ2n) is 6.29. The Kier molecular flexibility index (Phi) is 5.33. The Labute approximate surface area is 147 Å². The van der Waals surface area contributed by atoms with Gasteiger partial charge in [-0.1, -0.05) is 30.3 Å². The molecule has 3 rings (SSSR count). The van der Waals surface area contributed by atoms with Crippen LogP contribution in [-0.2, 0) is 16.0 Å². The van der Waals surface area contributed by atoms with Crippen LogP contribution in [0.15, 0.2) is 54.5 Å². The maximum absolute atomic E-state index is 12.4. The summed E-state index contributed by atoms with van der Waals surface area (Å²) in [7, 11) is 0. The molecule has 1 atom stereocenters. The van der Waals surface area contributed by atoms with Crippen molar-refractivity contribution in [3.8, 4) is 0 Å². The summed E-state index contributed by atoms with van der Waals surface area (Å²) >= 11 is 0. The van der Waals surface area contributed by atoms with Crippen LogP contribution in [0.2, 0.25) is 0 Å². The minimum absolute atomic E-state index is 0.0681. The minimum atomic E-state index is -0.130. The summed E-state index contributed by atoms with van der Waals surface area (Å²) in [6.45, 7) is 1.93. The fourth-order valence-electron chi connectivity index (χ4n) is 3.16. The molecular formula is C20H21N3O2. The molecule has 1 aliphatic rings. The number of benzene rings is 1. The third-order valence-corrected chi connectivity index (χ3v) is 4.30. The fourth-order valence-corrected chi connectivity index (χ4v) is 3.16. The monoisotopic (exact) mass is 335 g/mol. The first-order valence-electron chi connectivity index (χ1n) is 8.48. The highest BCUT2D eigenvalue weighted by Gasteiger charge is 2.26. The largest absolute Gasteiger partial charge is 0.353 e. The average Bonchev–Trinajstić information content (AvgIpc) is 2.97. The van der Waals surface area contributed by atoms with E-state index in [-0.39, 0.29) is 24.2 Å². The van der Waals surface area contributed by atoms with Crippen molar-refractivity contribution in [2.24, 2.45) is 0 Å². The minimum Gasteiger partial charge on any atom is -0.353 e. The number of hydrogen-bond acceptors (Lipinski definition) is 4. The van der Waals surface area contributed by atoms with Crippen molar-refractivity contribution in [1.29, 1.82) is 0 Å². The number of allylic oxidation sites excluding steroid dienone is 1. The quantitative estimate of drug-likeness (QED) is 0.881. The van der Waals surface area contributed by atoms with E-state index in [0.717, 1.165) is 16.8 Å². The highest BCUT2D eigenvalue weighted by molar-refractivity contribution is 6.10. The van der Waals surface area contributed by atoms with Crippen LogP contribution in [0.1, 0.15) is 37.4 Å². The SMILES string of the molecule is C[C@@H](Cc1cnccn1)NC(=O)CC1=C(c2ccccc2)CCC1=O. The summed E-state index contributed by atoms with van der Waals surface area (Å²) in [5.41, 5.74) is 3.51. The zero-order chi connectivity index (χ0) is 17.6. The van der Waals surface area contributed by atoms with Crippen LogP contribution >= 0.6 is 0 Å². The van der Waals surface area contributed by atoms with Crippen molar-refractivity contribution in [3.63, 3.8) is 0 Å². The van der Waals surface area contributed by atoms with Gasteiger partial charge in [-0.3, -0.25) is 19.6 Å². The van der Waals surface area contributed by atoms with Crippen molar-refractivity contribution < 1.29 is 9.59 Å². The molecule has 0 saturated heterocycles. The highest BCUT2D eigenvalue weighted by Crippen LogP contribution is 2.33. The van der Waals surface area contributed by atoms with Gasteiger partial charge in [-0.2, -0.15) is 0 Å². The third kappa shape index (κ3) is 4.38. The molecule has 5 nitrogen and oxygen atoms in total. The van der Waals surface area contributed by atoms with Crippen LogP contribution in [0.4, 0.5) is 0 Å². The second kappa shape index (κ2) is 7.83. The Morgan fingerprint density at radius 3 is 2.72 bits per heavy atom. The Morgan fingerprint density at radius 2 is 2.00 bits per heavy atom. The smallest absolute Gasteiger partial charge is 0.224 e. The second-order valence-corrected chi connectivity index (χ2v) is 6.29. The molecule has 0 aliphatic heterocycles. The summed E-state index contributed by atoms with van der Waals surface area (Å²) in [4.78, 5) is 32.8. The topological polar surface area (TPSA) is 72.0 Å². The number of amides is 1. The van der Waals surface area contributed by atoms with E-state index in [0.29, 0.717) is 24.8 Å². The molecule has 1 aromatic carbocycles. The van der Waals surface area contributed by atoms with E-state index in [1.54, 1.807) is 18.6 Å². The van der Waals surface area contributed by atoms with Crippen molar-refractivity contribution in [3.05, 3.63) is 65.8 Å². The molecule has 1 N–H and O–H groups in total. The molecular weight excluding hydrogens is 314 g/mol. The number of Topliss-reactive ketones (excluding diaryl/α,β-unsaturated/α-hetero) is 1. The lowest BCUT2D eigenvalue weighted by atomic mass is 10.00. The molecule has 0 unspecified atom stereocenters. The van der Waals surface area contributed by atoms with Crippen LogP contribution < -0.4 is 5.32 Å². The number of carbonyl (C=O) groups is 2. The van der Waals surface area contributed by atoms with Gasteiger partial charge in [-0.05, 0) is 24.5 Å². The number of hydrogen-bond donors (Lipinski definition) is 1. The predicted octanol–water partition coefficient (Wildman–Crippen LogP) is 2.73. The van der Waals surface area contributed by atoms with Crippen molar-refractivity contribution in [2.45, 2.75) is 38.6 Å². The van der Waals surface area contributed by atoms with E-state index in [9.17, 15) is 9.59 Å². The molecule has 0 radical (unpaired) electrons. The lowest BCUT2D eigenvalue weighted by molar-refractivity contribution is -0.122. The van der Waals surface area contributed by atoms with Crippen molar-refractivity contribution in [1.82, 2.24) is 15.3 Å². The van der Waals surface area contributed by atoms with Gasteiger partial charge >= 0.3 is 0 Å². The molecule has 1 amide bonds. The lowest BCUT2D eigenvalue weighted by Gasteiger charge is -2.14. The van der Waals surface area contributed by atoms with E-state index in [2.05, 4.69) is 15.3 Å². The first-order valence-corrected chi connectivity index (χ1v) is 8.48. The summed E-state index contributed by atoms with van der Waals surface area (Å²) in [6, 6.07) is 9.76. The molecule has 1 aliphatic carbocycles. The van der Waals surface area contributed by atoms with Crippen LogP contribution in [0.25, 0.3) is 5.57 Å². The lowest BCUT2D eigenvalue weighted by Crippen LogP contribution is -2.34. The average molecular weight is 335 g/mol. The van der Waals surface area contributed by atoms with Gasteiger partial charge in [0.25, 0.3) is 0 Å². The summed E-state index contributed by atoms with van der Waals surface area (Å²) < 4.78 is 0. The third-order valence-electron chi connectivity index (χ3n) is 4.30. The number of rotatable bonds is 6. The molecule has 0 spiro atoms. The van der Waals surface area contributed by atoms with E-state index in [1.807, 2.05) is 37.3 Å². The molecule has 1 aromatic heterocycles. The Morgan fingerprint density at radius 1 is 1.20 bits per heavy atom. The van der Waals surface area contributed by atoms with Crippen molar-refractivity contribution >= 4 is 17.3 Å². The maximum Gasteiger partial charge on any atom is 0.224 e. The summed E-state index contributed by atoms with van der Waals surface area (Å²) in [6.07, 6.45) is 6.89. The first-order chi connectivity index (χ1) is 12.1. The van der Waals surface area contributed by atoms with Gasteiger partial charge in [0.05, 0.1) is 12.1 Å². The molecule has 0 bridgehead atoms. The molecule has 1 heterocycles. The Balaban J connectivity index is 1.65. The summed E-state index contributed by atoms with van der Waals surface area (Å²) in [5, 5.41) is 2.95. The molecule has 5 heteroatoms. The number of carbonyl (C=O) groups excluding carboxylic acids is 2. The first kappa shape index (κ1) is 17.0. The number of nitrogens with zero attached hydrogens (tertiary/aromatic N) is 2. The standard InChI is InChI=1S/C20H21N3O2/c1-14(11-16-13-21-9-10-22-16)23-20(25)12-18-17(7-8-19(18)24)15-5-3-2-4-6-15/h2-6,9-10,13-14H,7-8,11-12H2,1H3,(H,23,25)/t14-/m0/s1. The zero-order valence-electron chi connectivity index (χ0n) is 14.2. The molecule has 128 valence electrons. The van der Waals surface area contributed by atoms with Gasteiger partial charge in [0.2, 0.25) is 5.91 Å². The highest BCUT2D eigenvalue weighted by atomic mass is 16.2. The number of ketones is 1. The van der Waals surface area contributed by atoms with Gasteiger partial charge in [0.15, 0.2) is 5.78 Å². The normalized spacial score (nSPS) is 15.3. The number of nitrogens with one attached hydrogen (secondary N) is 1. The molecule has 25 heavy (non-hydrogen) atoms. The Hall–Kier alpha value is -2.82. The van der Waals surface area contributed by atoms with Crippen molar-refractivity contribution in [2.75, 3.05) is 0 Å². The van der Waals surface area contributed by atoms with E-state index < -0.39 is 0 Å². The van der Waals surface area contributed by atoms with Gasteiger partial charge in [-0.25, -0.2) is 0 Å². The number of aromatic nitrogens is 2. The van der Waals surface area contributed by atoms with Crippen LogP contribution in [-0.4, -0.2) is 27.7 Å². The molecule has 0 saturated carbocycles. The van der Waals surface area contributed by atoms with Crippen LogP contribution in [0.3, 0.4) is 0 Å². The summed E-state index contributed by atoms with van der Waals surface area (Å²) in [5.74, 6) is -0.0503. The zero-order valence-corrected chi connectivity index (χ0v) is 14.2. The van der Waals surface area contributed by atoms with Crippen LogP contribution in [0.5, 0.6) is 0 Å².